The summed E-state index contributed by atoms with van der Waals surface area (Å²) in [5, 5.41) is 13.6. The fraction of sp³-hybridized carbons (Fsp3) is 0.500. The maximum Gasteiger partial charge on any atom is 0.263 e. The first-order valence-electron chi connectivity index (χ1n) is 11.9. The Bertz CT molecular complexity index is 1120. The SMILES string of the molecule is CC(C)(Oc1ccc(F)cc1C(C)(C)O)C(=O)NC1CC2CCC(C1)N2c1ccncc1C(N)=O. The standard InChI is InChI=1S/C26H33FN4O4/c1-25(2,34)20-11-15(27)5-8-22(20)35-26(3,4)24(33)30-16-12-17-6-7-18(13-16)31(17)21-9-10-29-14-19(21)23(28)32/h5,8-11,14,16-18,34H,6-7,12-13H2,1-4H3,(H2,28,32)(H,30,33). The highest BCUT2D eigenvalue weighted by Gasteiger charge is 2.43. The van der Waals surface area contributed by atoms with Gasteiger partial charge in [-0.15, -0.1) is 0 Å². The van der Waals surface area contributed by atoms with Crippen molar-refractivity contribution in [1.29, 1.82) is 0 Å². The van der Waals surface area contributed by atoms with E-state index in [1.165, 1.54) is 38.2 Å². The van der Waals surface area contributed by atoms with Crippen molar-refractivity contribution in [2.75, 3.05) is 4.90 Å². The number of rotatable bonds is 7. The Balaban J connectivity index is 1.46. The Morgan fingerprint density at radius 2 is 1.83 bits per heavy atom. The minimum atomic E-state index is -1.34. The molecule has 4 rings (SSSR count). The van der Waals surface area contributed by atoms with Gasteiger partial charge in [-0.1, -0.05) is 0 Å². The lowest BCUT2D eigenvalue weighted by molar-refractivity contribution is -0.135. The van der Waals surface area contributed by atoms with Crippen molar-refractivity contribution in [2.45, 2.75) is 82.7 Å². The number of nitrogens with zero attached hydrogens (tertiary/aromatic N) is 2. The quantitative estimate of drug-likeness (QED) is 0.556. The van der Waals surface area contributed by atoms with E-state index in [4.69, 9.17) is 10.5 Å². The maximum absolute atomic E-state index is 13.8. The van der Waals surface area contributed by atoms with Gasteiger partial charge in [0, 0.05) is 36.1 Å². The molecule has 3 heterocycles. The topological polar surface area (TPSA) is 118 Å². The number of nitrogens with one attached hydrogen (secondary N) is 1. The molecule has 2 bridgehead atoms. The van der Waals surface area contributed by atoms with E-state index < -0.39 is 22.9 Å². The van der Waals surface area contributed by atoms with Crippen molar-refractivity contribution < 1.29 is 23.8 Å². The molecule has 0 saturated carbocycles. The smallest absolute Gasteiger partial charge is 0.263 e. The van der Waals surface area contributed by atoms with Gasteiger partial charge in [-0.05, 0) is 77.6 Å². The molecule has 2 unspecified atom stereocenters. The number of carbonyl (C=O) groups excluding carboxylic acids is 2. The number of primary amides is 1. The zero-order chi connectivity index (χ0) is 25.5. The van der Waals surface area contributed by atoms with Crippen molar-refractivity contribution in [3.63, 3.8) is 0 Å². The van der Waals surface area contributed by atoms with Crippen LogP contribution in [0.25, 0.3) is 0 Å². The summed E-state index contributed by atoms with van der Waals surface area (Å²) in [6.07, 6.45) is 6.53. The minimum absolute atomic E-state index is 0.0556. The van der Waals surface area contributed by atoms with Crippen molar-refractivity contribution >= 4 is 17.5 Å². The minimum Gasteiger partial charge on any atom is -0.478 e. The van der Waals surface area contributed by atoms with Crippen LogP contribution < -0.4 is 20.7 Å². The van der Waals surface area contributed by atoms with Gasteiger partial charge in [0.25, 0.3) is 11.8 Å². The number of piperidine rings is 1. The summed E-state index contributed by atoms with van der Waals surface area (Å²) in [6.45, 7) is 6.38. The van der Waals surface area contributed by atoms with Gasteiger partial charge < -0.3 is 25.8 Å². The van der Waals surface area contributed by atoms with Gasteiger partial charge in [0.1, 0.15) is 11.6 Å². The number of benzene rings is 1. The highest BCUT2D eigenvalue weighted by atomic mass is 19.1. The van der Waals surface area contributed by atoms with Crippen LogP contribution in [0.1, 0.15) is 69.3 Å². The number of halogens is 1. The van der Waals surface area contributed by atoms with E-state index in [1.807, 2.05) is 6.07 Å². The number of ether oxygens (including phenoxy) is 1. The fourth-order valence-corrected chi connectivity index (χ4v) is 5.24. The van der Waals surface area contributed by atoms with Crippen molar-refractivity contribution in [2.24, 2.45) is 5.73 Å². The van der Waals surface area contributed by atoms with E-state index in [9.17, 15) is 19.1 Å². The molecule has 4 N–H and O–H groups in total. The molecule has 0 aliphatic carbocycles. The average Bonchev–Trinajstić information content (AvgIpc) is 3.04. The second kappa shape index (κ2) is 9.11. The Kier molecular flexibility index (Phi) is 6.48. The summed E-state index contributed by atoms with van der Waals surface area (Å²) < 4.78 is 19.8. The van der Waals surface area contributed by atoms with Gasteiger partial charge >= 0.3 is 0 Å². The predicted molar refractivity (Wildman–Crippen MR) is 130 cm³/mol. The molecule has 2 saturated heterocycles. The predicted octanol–water partition coefficient (Wildman–Crippen LogP) is 3.02. The second-order valence-corrected chi connectivity index (χ2v) is 10.5. The van der Waals surface area contributed by atoms with Crippen LogP contribution in [0.15, 0.2) is 36.7 Å². The summed E-state index contributed by atoms with van der Waals surface area (Å²) in [7, 11) is 0. The summed E-state index contributed by atoms with van der Waals surface area (Å²) in [5.41, 5.74) is 4.45. The van der Waals surface area contributed by atoms with Crippen molar-refractivity contribution in [3.8, 4) is 5.75 Å². The molecule has 188 valence electrons. The van der Waals surface area contributed by atoms with Gasteiger partial charge in [0.2, 0.25) is 0 Å². The molecule has 9 heteroatoms. The summed E-state index contributed by atoms with van der Waals surface area (Å²) in [6, 6.07) is 6.00. The molecule has 2 aliphatic heterocycles. The zero-order valence-corrected chi connectivity index (χ0v) is 20.5. The first kappa shape index (κ1) is 24.9. The molecule has 0 radical (unpaired) electrons. The largest absolute Gasteiger partial charge is 0.478 e. The van der Waals surface area contributed by atoms with Crippen LogP contribution in [0.4, 0.5) is 10.1 Å². The van der Waals surface area contributed by atoms with Gasteiger partial charge in [-0.25, -0.2) is 4.39 Å². The van der Waals surface area contributed by atoms with E-state index in [1.54, 1.807) is 20.0 Å². The first-order chi connectivity index (χ1) is 16.4. The van der Waals surface area contributed by atoms with Gasteiger partial charge in [0.15, 0.2) is 5.60 Å². The fourth-order valence-electron chi connectivity index (χ4n) is 5.24. The van der Waals surface area contributed by atoms with Gasteiger partial charge in [-0.2, -0.15) is 0 Å². The highest BCUT2D eigenvalue weighted by Crippen LogP contribution is 2.40. The molecule has 2 atom stereocenters. The Labute approximate surface area is 204 Å². The third kappa shape index (κ3) is 5.10. The number of fused-ring (bicyclic) bond motifs is 2. The molecule has 2 fully saturated rings. The van der Waals surface area contributed by atoms with E-state index >= 15 is 0 Å². The lowest BCUT2D eigenvalue weighted by Gasteiger charge is -2.42. The molecule has 35 heavy (non-hydrogen) atoms. The second-order valence-electron chi connectivity index (χ2n) is 10.5. The highest BCUT2D eigenvalue weighted by molar-refractivity contribution is 5.98. The molecular weight excluding hydrogens is 451 g/mol. The third-order valence-electron chi connectivity index (χ3n) is 6.92. The van der Waals surface area contributed by atoms with Crippen LogP contribution in [0.5, 0.6) is 5.75 Å². The Hall–Kier alpha value is -3.20. The van der Waals surface area contributed by atoms with Crippen LogP contribution >= 0.6 is 0 Å². The van der Waals surface area contributed by atoms with Crippen LogP contribution in [-0.2, 0) is 10.4 Å². The van der Waals surface area contributed by atoms with E-state index in [0.717, 1.165) is 31.4 Å². The monoisotopic (exact) mass is 484 g/mol. The normalized spacial score (nSPS) is 22.1. The number of anilines is 1. The number of aliphatic hydroxyl groups is 1. The third-order valence-corrected chi connectivity index (χ3v) is 6.92. The number of hydrogen-bond acceptors (Lipinski definition) is 6. The van der Waals surface area contributed by atoms with E-state index in [0.29, 0.717) is 5.56 Å². The molecule has 1 aromatic carbocycles. The molecule has 2 aliphatic rings. The molecule has 1 aromatic heterocycles. The summed E-state index contributed by atoms with van der Waals surface area (Å²) in [5.74, 6) is -1.03. The molecular formula is C26H33FN4O4. The van der Waals surface area contributed by atoms with Crippen LogP contribution in [0, 0.1) is 5.82 Å². The van der Waals surface area contributed by atoms with Crippen molar-refractivity contribution in [1.82, 2.24) is 10.3 Å². The van der Waals surface area contributed by atoms with Crippen LogP contribution in [0.3, 0.4) is 0 Å². The number of pyridine rings is 1. The Morgan fingerprint density at radius 1 is 1.17 bits per heavy atom. The molecule has 0 spiro atoms. The molecule has 2 amide bonds. The Morgan fingerprint density at radius 3 is 2.43 bits per heavy atom. The number of aromatic nitrogens is 1. The number of amides is 2. The van der Waals surface area contributed by atoms with E-state index in [-0.39, 0.29) is 35.3 Å². The van der Waals surface area contributed by atoms with Crippen LogP contribution in [-0.4, -0.2) is 45.6 Å². The van der Waals surface area contributed by atoms with E-state index in [2.05, 4.69) is 15.2 Å². The summed E-state index contributed by atoms with van der Waals surface area (Å²) in [4.78, 5) is 31.4. The van der Waals surface area contributed by atoms with Gasteiger partial charge in [0.05, 0.1) is 16.9 Å². The lowest BCUT2D eigenvalue weighted by atomic mass is 9.94. The number of nitrogens with two attached hydrogens (primary N) is 1. The average molecular weight is 485 g/mol. The van der Waals surface area contributed by atoms with Crippen molar-refractivity contribution in [3.05, 3.63) is 53.6 Å². The zero-order valence-electron chi connectivity index (χ0n) is 20.5. The maximum atomic E-state index is 13.8. The van der Waals surface area contributed by atoms with Crippen LogP contribution in [0.2, 0.25) is 0 Å². The first-order valence-corrected chi connectivity index (χ1v) is 11.9. The molecule has 2 aromatic rings. The summed E-state index contributed by atoms with van der Waals surface area (Å²) >= 11 is 0. The van der Waals surface area contributed by atoms with Gasteiger partial charge in [-0.3, -0.25) is 14.6 Å². The number of carbonyl (C=O) groups is 2. The lowest BCUT2D eigenvalue weighted by Crippen LogP contribution is -2.55. The molecule has 8 nitrogen and oxygen atoms in total. The number of hydrogen-bond donors (Lipinski definition) is 3.